The molecule has 106 valence electrons. The first-order valence-electron chi connectivity index (χ1n) is 6.90. The summed E-state index contributed by atoms with van der Waals surface area (Å²) in [5.74, 6) is 0.103. The Morgan fingerprint density at radius 1 is 1.30 bits per heavy atom. The normalized spacial score (nSPS) is 10.6. The van der Waals surface area contributed by atoms with Crippen molar-refractivity contribution < 1.29 is 4.79 Å². The molecule has 1 aromatic carbocycles. The molecular weight excluding hydrogens is 250 g/mol. The number of H-pyrrole nitrogens is 1. The van der Waals surface area contributed by atoms with Crippen molar-refractivity contribution in [3.05, 3.63) is 46.8 Å². The number of likely N-dealkylation sites (N-methyl/N-ethyl adjacent to an activating group) is 1. The predicted octanol–water partition coefficient (Wildman–Crippen LogP) is 2.93. The molecule has 0 radical (unpaired) electrons. The molecule has 20 heavy (non-hydrogen) atoms. The van der Waals surface area contributed by atoms with Crippen LogP contribution in [0.3, 0.4) is 0 Å². The molecule has 0 atom stereocenters. The summed E-state index contributed by atoms with van der Waals surface area (Å²) in [6.45, 7) is 8.57. The smallest absolute Gasteiger partial charge is 0.231 e. The van der Waals surface area contributed by atoms with E-state index >= 15 is 0 Å². The van der Waals surface area contributed by atoms with Gasteiger partial charge in [0.2, 0.25) is 5.91 Å². The van der Waals surface area contributed by atoms with Crippen LogP contribution >= 0.6 is 0 Å². The van der Waals surface area contributed by atoms with E-state index in [9.17, 15) is 4.79 Å². The topological polar surface area (TPSA) is 49.0 Å². The number of anilines is 1. The minimum Gasteiger partial charge on any atom is -0.312 e. The highest BCUT2D eigenvalue weighted by molar-refractivity contribution is 5.95. The first kappa shape index (κ1) is 14.3. The van der Waals surface area contributed by atoms with Gasteiger partial charge >= 0.3 is 0 Å². The van der Waals surface area contributed by atoms with E-state index < -0.39 is 0 Å². The highest BCUT2D eigenvalue weighted by atomic mass is 16.2. The van der Waals surface area contributed by atoms with Crippen molar-refractivity contribution in [2.45, 2.75) is 34.1 Å². The van der Waals surface area contributed by atoms with Crippen molar-refractivity contribution in [2.24, 2.45) is 0 Å². The maximum atomic E-state index is 12.5. The molecule has 0 aliphatic carbocycles. The van der Waals surface area contributed by atoms with Crippen LogP contribution in [0.25, 0.3) is 0 Å². The molecule has 1 aromatic heterocycles. The summed E-state index contributed by atoms with van der Waals surface area (Å²) in [5, 5.41) is 7.07. The average molecular weight is 271 g/mol. The summed E-state index contributed by atoms with van der Waals surface area (Å²) in [6, 6.07) is 8.03. The van der Waals surface area contributed by atoms with E-state index in [1.54, 1.807) is 0 Å². The number of carbonyl (C=O) groups is 1. The maximum absolute atomic E-state index is 12.5. The molecular formula is C16H21N3O. The third-order valence-electron chi connectivity index (χ3n) is 3.54. The molecule has 0 saturated heterocycles. The predicted molar refractivity (Wildman–Crippen MR) is 81.0 cm³/mol. The Labute approximate surface area is 119 Å². The molecule has 0 aliphatic heterocycles. The number of carbonyl (C=O) groups excluding carboxylic acids is 1. The number of hydrogen-bond donors (Lipinski definition) is 1. The third-order valence-corrected chi connectivity index (χ3v) is 3.54. The van der Waals surface area contributed by atoms with Gasteiger partial charge in [-0.05, 0) is 45.4 Å². The van der Waals surface area contributed by atoms with Gasteiger partial charge in [0, 0.05) is 23.5 Å². The molecule has 2 aromatic rings. The van der Waals surface area contributed by atoms with Crippen molar-refractivity contribution in [1.82, 2.24) is 10.2 Å². The zero-order valence-electron chi connectivity index (χ0n) is 12.5. The molecule has 0 fully saturated rings. The van der Waals surface area contributed by atoms with Gasteiger partial charge < -0.3 is 4.90 Å². The van der Waals surface area contributed by atoms with Crippen molar-refractivity contribution in [1.29, 1.82) is 0 Å². The average Bonchev–Trinajstić information content (AvgIpc) is 2.71. The Kier molecular flexibility index (Phi) is 4.23. The second-order valence-corrected chi connectivity index (χ2v) is 5.07. The lowest BCUT2D eigenvalue weighted by molar-refractivity contribution is -0.117. The van der Waals surface area contributed by atoms with Crippen LogP contribution in [0, 0.1) is 20.8 Å². The SMILES string of the molecule is CCN(C(=O)Cc1c(C)n[nH]c1C)c1cccc(C)c1. The van der Waals surface area contributed by atoms with Gasteiger partial charge in [-0.1, -0.05) is 12.1 Å². The minimum atomic E-state index is 0.103. The lowest BCUT2D eigenvalue weighted by Gasteiger charge is -2.21. The summed E-state index contributed by atoms with van der Waals surface area (Å²) in [7, 11) is 0. The number of hydrogen-bond acceptors (Lipinski definition) is 2. The molecule has 1 amide bonds. The van der Waals surface area contributed by atoms with Gasteiger partial charge in [0.1, 0.15) is 0 Å². The fourth-order valence-electron chi connectivity index (χ4n) is 2.38. The van der Waals surface area contributed by atoms with E-state index in [4.69, 9.17) is 0 Å². The Balaban J connectivity index is 2.22. The van der Waals surface area contributed by atoms with Gasteiger partial charge in [-0.3, -0.25) is 9.89 Å². The molecule has 0 bridgehead atoms. The molecule has 2 rings (SSSR count). The Morgan fingerprint density at radius 2 is 2.05 bits per heavy atom. The van der Waals surface area contributed by atoms with E-state index in [-0.39, 0.29) is 5.91 Å². The second kappa shape index (κ2) is 5.90. The van der Waals surface area contributed by atoms with Gasteiger partial charge in [0.05, 0.1) is 12.1 Å². The summed E-state index contributed by atoms with van der Waals surface area (Å²) < 4.78 is 0. The molecule has 0 unspecified atom stereocenters. The molecule has 0 spiro atoms. The first-order valence-corrected chi connectivity index (χ1v) is 6.90. The molecule has 1 heterocycles. The standard InChI is InChI=1S/C16H21N3O/c1-5-19(14-8-6-7-11(2)9-14)16(20)10-15-12(3)17-18-13(15)4/h6-9H,5,10H2,1-4H3,(H,17,18). The van der Waals surface area contributed by atoms with E-state index in [0.29, 0.717) is 13.0 Å². The van der Waals surface area contributed by atoms with Crippen LogP contribution in [0.4, 0.5) is 5.69 Å². The zero-order chi connectivity index (χ0) is 14.7. The quantitative estimate of drug-likeness (QED) is 0.929. The number of rotatable bonds is 4. The van der Waals surface area contributed by atoms with E-state index in [1.807, 2.05) is 56.9 Å². The largest absolute Gasteiger partial charge is 0.312 e. The number of nitrogens with zero attached hydrogens (tertiary/aromatic N) is 2. The van der Waals surface area contributed by atoms with Gasteiger partial charge in [0.25, 0.3) is 0 Å². The van der Waals surface area contributed by atoms with Gasteiger partial charge in [-0.25, -0.2) is 0 Å². The summed E-state index contributed by atoms with van der Waals surface area (Å²) >= 11 is 0. The minimum absolute atomic E-state index is 0.103. The number of nitrogens with one attached hydrogen (secondary N) is 1. The zero-order valence-corrected chi connectivity index (χ0v) is 12.5. The van der Waals surface area contributed by atoms with E-state index in [1.165, 1.54) is 0 Å². The van der Waals surface area contributed by atoms with Crippen LogP contribution in [-0.2, 0) is 11.2 Å². The lowest BCUT2D eigenvalue weighted by atomic mass is 10.1. The van der Waals surface area contributed by atoms with Crippen LogP contribution in [0.5, 0.6) is 0 Å². The molecule has 0 saturated carbocycles. The van der Waals surface area contributed by atoms with Crippen LogP contribution in [0.1, 0.15) is 29.4 Å². The number of aromatic nitrogens is 2. The third kappa shape index (κ3) is 2.90. The Morgan fingerprint density at radius 3 is 2.60 bits per heavy atom. The van der Waals surface area contributed by atoms with Crippen molar-refractivity contribution in [2.75, 3.05) is 11.4 Å². The fraction of sp³-hybridized carbons (Fsp3) is 0.375. The fourth-order valence-corrected chi connectivity index (χ4v) is 2.38. The van der Waals surface area contributed by atoms with Gasteiger partial charge in [-0.15, -0.1) is 0 Å². The van der Waals surface area contributed by atoms with Crippen molar-refractivity contribution in [3.8, 4) is 0 Å². The van der Waals surface area contributed by atoms with Crippen LogP contribution in [0.2, 0.25) is 0 Å². The van der Waals surface area contributed by atoms with Crippen molar-refractivity contribution in [3.63, 3.8) is 0 Å². The highest BCUT2D eigenvalue weighted by Crippen LogP contribution is 2.18. The van der Waals surface area contributed by atoms with Crippen LogP contribution < -0.4 is 4.90 Å². The summed E-state index contributed by atoms with van der Waals surface area (Å²) in [5.41, 5.74) is 4.98. The number of amides is 1. The van der Waals surface area contributed by atoms with Crippen LogP contribution in [0.15, 0.2) is 24.3 Å². The Bertz CT molecular complexity index is 596. The molecule has 4 heteroatoms. The molecule has 1 N–H and O–H groups in total. The molecule has 0 aliphatic rings. The van der Waals surface area contributed by atoms with Gasteiger partial charge in [0.15, 0.2) is 0 Å². The van der Waals surface area contributed by atoms with E-state index in [0.717, 1.165) is 28.2 Å². The first-order chi connectivity index (χ1) is 9.52. The monoisotopic (exact) mass is 271 g/mol. The summed E-state index contributed by atoms with van der Waals surface area (Å²) in [4.78, 5) is 14.4. The van der Waals surface area contributed by atoms with Gasteiger partial charge in [-0.2, -0.15) is 5.10 Å². The number of aryl methyl sites for hydroxylation is 3. The number of benzene rings is 1. The summed E-state index contributed by atoms with van der Waals surface area (Å²) in [6.07, 6.45) is 0.385. The van der Waals surface area contributed by atoms with Crippen molar-refractivity contribution >= 4 is 11.6 Å². The maximum Gasteiger partial charge on any atom is 0.231 e. The Hall–Kier alpha value is -2.10. The number of aromatic amines is 1. The molecule has 4 nitrogen and oxygen atoms in total. The second-order valence-electron chi connectivity index (χ2n) is 5.07. The highest BCUT2D eigenvalue weighted by Gasteiger charge is 2.17. The van der Waals surface area contributed by atoms with E-state index in [2.05, 4.69) is 10.2 Å². The van der Waals surface area contributed by atoms with Crippen LogP contribution in [-0.4, -0.2) is 22.6 Å². The lowest BCUT2D eigenvalue weighted by Crippen LogP contribution is -2.32.